The number of fused-ring (bicyclic) bond motifs is 3. The highest BCUT2D eigenvalue weighted by Gasteiger charge is 2.18. The fourth-order valence-electron chi connectivity index (χ4n) is 3.58. The summed E-state index contributed by atoms with van der Waals surface area (Å²) in [6, 6.07) is 8.73. The average molecular weight is 309 g/mol. The van der Waals surface area contributed by atoms with Gasteiger partial charge in [-0.2, -0.15) is 0 Å². The van der Waals surface area contributed by atoms with Crippen LogP contribution in [0.4, 0.5) is 5.82 Å². The quantitative estimate of drug-likeness (QED) is 0.744. The van der Waals surface area contributed by atoms with Gasteiger partial charge >= 0.3 is 0 Å². The maximum absolute atomic E-state index is 4.84. The molecular formula is C18H23N5. The minimum atomic E-state index is 0.497. The number of aromatic nitrogens is 4. The smallest absolute Gasteiger partial charge is 0.204 e. The molecule has 0 saturated heterocycles. The van der Waals surface area contributed by atoms with Crippen LogP contribution in [0.2, 0.25) is 0 Å². The lowest BCUT2D eigenvalue weighted by Gasteiger charge is -2.18. The molecule has 1 aromatic carbocycles. The molecule has 23 heavy (non-hydrogen) atoms. The molecule has 1 fully saturated rings. The second-order valence-corrected chi connectivity index (χ2v) is 6.41. The zero-order valence-electron chi connectivity index (χ0n) is 13.6. The standard InChI is InChI=1S/C18H23N5/c1-2-16-21-22-18-17(19-13-9-5-3-4-6-10-13)20-14-11-7-8-12-15(14)23(16)18/h7-8,11-13H,2-6,9-10H2,1H3,(H,19,20). The predicted octanol–water partition coefficient (Wildman–Crippen LogP) is 3.97. The number of rotatable bonds is 3. The largest absolute Gasteiger partial charge is 0.364 e. The fraction of sp³-hybridized carbons (Fsp3) is 0.500. The van der Waals surface area contributed by atoms with E-state index in [1.807, 2.05) is 12.1 Å². The third-order valence-electron chi connectivity index (χ3n) is 4.81. The number of nitrogens with one attached hydrogen (secondary N) is 1. The Morgan fingerprint density at radius 2 is 1.87 bits per heavy atom. The normalized spacial score (nSPS) is 16.7. The second kappa shape index (κ2) is 6.14. The van der Waals surface area contributed by atoms with Crippen LogP contribution in [0.15, 0.2) is 24.3 Å². The van der Waals surface area contributed by atoms with Gasteiger partial charge in [0.25, 0.3) is 0 Å². The monoisotopic (exact) mass is 309 g/mol. The van der Waals surface area contributed by atoms with Crippen molar-refractivity contribution in [1.29, 1.82) is 0 Å². The van der Waals surface area contributed by atoms with E-state index >= 15 is 0 Å². The van der Waals surface area contributed by atoms with Gasteiger partial charge in [-0.15, -0.1) is 10.2 Å². The molecule has 3 aromatic rings. The topological polar surface area (TPSA) is 55.1 Å². The first-order chi connectivity index (χ1) is 11.4. The zero-order chi connectivity index (χ0) is 15.6. The summed E-state index contributed by atoms with van der Waals surface area (Å²) in [5, 5.41) is 12.4. The Morgan fingerprint density at radius 3 is 2.65 bits per heavy atom. The minimum Gasteiger partial charge on any atom is -0.364 e. The molecule has 5 nitrogen and oxygen atoms in total. The van der Waals surface area contributed by atoms with Crippen molar-refractivity contribution in [1.82, 2.24) is 19.6 Å². The lowest BCUT2D eigenvalue weighted by Crippen LogP contribution is -2.20. The van der Waals surface area contributed by atoms with Gasteiger partial charge in [0.1, 0.15) is 5.82 Å². The fourth-order valence-corrected chi connectivity index (χ4v) is 3.58. The van der Waals surface area contributed by atoms with Gasteiger partial charge < -0.3 is 5.32 Å². The van der Waals surface area contributed by atoms with Crippen LogP contribution in [-0.2, 0) is 6.42 Å². The number of anilines is 1. The van der Waals surface area contributed by atoms with E-state index in [2.05, 4.69) is 39.0 Å². The summed E-state index contributed by atoms with van der Waals surface area (Å²) in [5.41, 5.74) is 2.92. The zero-order valence-corrected chi connectivity index (χ0v) is 13.6. The van der Waals surface area contributed by atoms with Crippen molar-refractivity contribution in [3.8, 4) is 0 Å². The Labute approximate surface area is 136 Å². The van der Waals surface area contributed by atoms with Gasteiger partial charge in [-0.05, 0) is 25.0 Å². The van der Waals surface area contributed by atoms with Crippen LogP contribution >= 0.6 is 0 Å². The first-order valence-electron chi connectivity index (χ1n) is 8.76. The highest BCUT2D eigenvalue weighted by molar-refractivity contribution is 5.82. The summed E-state index contributed by atoms with van der Waals surface area (Å²) < 4.78 is 2.15. The van der Waals surface area contributed by atoms with Gasteiger partial charge in [-0.1, -0.05) is 44.7 Å². The molecule has 120 valence electrons. The maximum atomic E-state index is 4.84. The molecule has 2 aromatic heterocycles. The molecule has 1 aliphatic carbocycles. The summed E-state index contributed by atoms with van der Waals surface area (Å²) in [6.45, 7) is 2.12. The van der Waals surface area contributed by atoms with Crippen LogP contribution in [-0.4, -0.2) is 25.6 Å². The van der Waals surface area contributed by atoms with Crippen molar-refractivity contribution < 1.29 is 0 Å². The molecule has 1 aliphatic rings. The van der Waals surface area contributed by atoms with Crippen molar-refractivity contribution in [3.63, 3.8) is 0 Å². The molecule has 0 atom stereocenters. The van der Waals surface area contributed by atoms with E-state index in [9.17, 15) is 0 Å². The third kappa shape index (κ3) is 2.64. The lowest BCUT2D eigenvalue weighted by molar-refractivity contribution is 0.618. The van der Waals surface area contributed by atoms with Crippen molar-refractivity contribution in [2.75, 3.05) is 5.32 Å². The summed E-state index contributed by atoms with van der Waals surface area (Å²) in [5.74, 6) is 1.87. The van der Waals surface area contributed by atoms with Crippen LogP contribution in [0.3, 0.4) is 0 Å². The van der Waals surface area contributed by atoms with E-state index in [1.54, 1.807) is 0 Å². The lowest BCUT2D eigenvalue weighted by atomic mass is 10.1. The second-order valence-electron chi connectivity index (χ2n) is 6.41. The Morgan fingerprint density at radius 1 is 1.09 bits per heavy atom. The summed E-state index contributed by atoms with van der Waals surface area (Å²) in [6.07, 6.45) is 8.60. The summed E-state index contributed by atoms with van der Waals surface area (Å²) in [4.78, 5) is 4.84. The van der Waals surface area contributed by atoms with E-state index in [0.29, 0.717) is 6.04 Å². The molecule has 5 heteroatoms. The Balaban J connectivity index is 1.82. The maximum Gasteiger partial charge on any atom is 0.204 e. The van der Waals surface area contributed by atoms with Crippen molar-refractivity contribution in [2.24, 2.45) is 0 Å². The molecule has 0 aliphatic heterocycles. The number of aryl methyl sites for hydroxylation is 1. The van der Waals surface area contributed by atoms with Crippen LogP contribution in [0, 0.1) is 0 Å². The molecular weight excluding hydrogens is 286 g/mol. The van der Waals surface area contributed by atoms with Crippen molar-refractivity contribution in [3.05, 3.63) is 30.1 Å². The van der Waals surface area contributed by atoms with E-state index < -0.39 is 0 Å². The number of hydrogen-bond acceptors (Lipinski definition) is 4. The van der Waals surface area contributed by atoms with E-state index in [-0.39, 0.29) is 0 Å². The van der Waals surface area contributed by atoms with Gasteiger partial charge in [0.05, 0.1) is 11.0 Å². The van der Waals surface area contributed by atoms with Gasteiger partial charge in [0.15, 0.2) is 5.82 Å². The van der Waals surface area contributed by atoms with Crippen LogP contribution in [0.5, 0.6) is 0 Å². The molecule has 0 unspecified atom stereocenters. The number of hydrogen-bond donors (Lipinski definition) is 1. The summed E-state index contributed by atoms with van der Waals surface area (Å²) >= 11 is 0. The molecule has 0 amide bonds. The van der Waals surface area contributed by atoms with Gasteiger partial charge in [0.2, 0.25) is 5.65 Å². The molecule has 0 radical (unpaired) electrons. The Bertz CT molecular complexity index is 815. The molecule has 0 bridgehead atoms. The molecule has 1 saturated carbocycles. The SMILES string of the molecule is CCc1nnc2c(NC3CCCCCC3)nc3ccccc3n12. The van der Waals surface area contributed by atoms with E-state index in [4.69, 9.17) is 4.98 Å². The number of nitrogens with zero attached hydrogens (tertiary/aromatic N) is 4. The van der Waals surface area contributed by atoms with E-state index in [0.717, 1.165) is 34.7 Å². The van der Waals surface area contributed by atoms with Gasteiger partial charge in [-0.25, -0.2) is 4.98 Å². The molecule has 4 rings (SSSR count). The van der Waals surface area contributed by atoms with Crippen molar-refractivity contribution >= 4 is 22.5 Å². The molecule has 2 heterocycles. The van der Waals surface area contributed by atoms with Crippen LogP contribution < -0.4 is 5.32 Å². The van der Waals surface area contributed by atoms with Crippen LogP contribution in [0.25, 0.3) is 16.7 Å². The number of benzene rings is 1. The Kier molecular flexibility index (Phi) is 3.85. The first-order valence-corrected chi connectivity index (χ1v) is 8.76. The van der Waals surface area contributed by atoms with Gasteiger partial charge in [-0.3, -0.25) is 4.40 Å². The average Bonchev–Trinajstić information content (AvgIpc) is 2.86. The van der Waals surface area contributed by atoms with Gasteiger partial charge in [0, 0.05) is 12.5 Å². The Hall–Kier alpha value is -2.17. The molecule has 1 N–H and O–H groups in total. The minimum absolute atomic E-state index is 0.497. The predicted molar refractivity (Wildman–Crippen MR) is 92.8 cm³/mol. The third-order valence-corrected chi connectivity index (χ3v) is 4.81. The van der Waals surface area contributed by atoms with E-state index in [1.165, 1.54) is 38.5 Å². The van der Waals surface area contributed by atoms with Crippen LogP contribution in [0.1, 0.15) is 51.3 Å². The highest BCUT2D eigenvalue weighted by atomic mass is 15.3. The summed E-state index contributed by atoms with van der Waals surface area (Å²) in [7, 11) is 0. The number of para-hydroxylation sites is 2. The van der Waals surface area contributed by atoms with Crippen molar-refractivity contribution in [2.45, 2.75) is 57.9 Å². The first kappa shape index (κ1) is 14.4. The molecule has 0 spiro atoms. The highest BCUT2D eigenvalue weighted by Crippen LogP contribution is 2.25.